The van der Waals surface area contributed by atoms with Gasteiger partial charge in [-0.3, -0.25) is 19.1 Å². The molecule has 1 amide bonds. The van der Waals surface area contributed by atoms with Gasteiger partial charge >= 0.3 is 0 Å². The second-order valence-corrected chi connectivity index (χ2v) is 7.15. The fraction of sp³-hybridized carbons (Fsp3) is 0.562. The molecule has 130 valence electrons. The fourth-order valence-electron chi connectivity index (χ4n) is 2.76. The lowest BCUT2D eigenvalue weighted by molar-refractivity contribution is -0.121. The van der Waals surface area contributed by atoms with Crippen LogP contribution in [0.3, 0.4) is 0 Å². The van der Waals surface area contributed by atoms with Gasteiger partial charge in [-0.1, -0.05) is 0 Å². The highest BCUT2D eigenvalue weighted by Crippen LogP contribution is 2.19. The maximum absolute atomic E-state index is 12.3. The van der Waals surface area contributed by atoms with Crippen LogP contribution in [-0.2, 0) is 16.1 Å². The van der Waals surface area contributed by atoms with E-state index >= 15 is 0 Å². The zero-order valence-corrected chi connectivity index (χ0v) is 14.6. The van der Waals surface area contributed by atoms with Crippen molar-refractivity contribution in [3.05, 3.63) is 27.6 Å². The van der Waals surface area contributed by atoms with Crippen molar-refractivity contribution in [3.63, 3.8) is 0 Å². The second kappa shape index (κ2) is 7.87. The predicted molar refractivity (Wildman–Crippen MR) is 93.5 cm³/mol. The number of carbonyl (C=O) groups excluding carboxylic acids is 1. The van der Waals surface area contributed by atoms with Crippen LogP contribution in [-0.4, -0.2) is 59.8 Å². The Morgan fingerprint density at radius 3 is 3.00 bits per heavy atom. The molecule has 0 radical (unpaired) electrons. The van der Waals surface area contributed by atoms with Crippen LogP contribution in [0.25, 0.3) is 10.2 Å². The van der Waals surface area contributed by atoms with E-state index in [9.17, 15) is 9.59 Å². The van der Waals surface area contributed by atoms with Crippen LogP contribution in [0.5, 0.6) is 0 Å². The van der Waals surface area contributed by atoms with Crippen LogP contribution >= 0.6 is 11.3 Å². The summed E-state index contributed by atoms with van der Waals surface area (Å²) >= 11 is 1.49. The van der Waals surface area contributed by atoms with E-state index in [1.807, 2.05) is 13.0 Å². The Balaban J connectivity index is 1.48. The van der Waals surface area contributed by atoms with E-state index in [1.165, 1.54) is 22.2 Å². The maximum Gasteiger partial charge on any atom is 0.262 e. The van der Waals surface area contributed by atoms with Gasteiger partial charge in [0.2, 0.25) is 5.91 Å². The lowest BCUT2D eigenvalue weighted by atomic mass is 10.3. The number of nitrogens with one attached hydrogen (secondary N) is 1. The third kappa shape index (κ3) is 4.19. The van der Waals surface area contributed by atoms with Gasteiger partial charge in [-0.25, -0.2) is 4.98 Å². The van der Waals surface area contributed by atoms with Crippen molar-refractivity contribution in [1.82, 2.24) is 19.8 Å². The molecule has 24 heavy (non-hydrogen) atoms. The molecule has 0 saturated carbocycles. The standard InChI is InChI=1S/C16H22N4O3S/c1-12-9-13-15(24-12)18-11-20(16(13)22)10-14(21)17-3-2-4-19-5-7-23-8-6-19/h9,11H,2-8,10H2,1H3,(H,17,21). The highest BCUT2D eigenvalue weighted by molar-refractivity contribution is 7.18. The number of fused-ring (bicyclic) bond motifs is 1. The summed E-state index contributed by atoms with van der Waals surface area (Å²) in [4.78, 5) is 32.7. The molecule has 1 aliphatic heterocycles. The molecular weight excluding hydrogens is 328 g/mol. The number of carbonyl (C=O) groups is 1. The van der Waals surface area contributed by atoms with Crippen LogP contribution in [0, 0.1) is 6.92 Å². The lowest BCUT2D eigenvalue weighted by Gasteiger charge is -2.26. The molecule has 0 atom stereocenters. The number of hydrogen-bond acceptors (Lipinski definition) is 6. The largest absolute Gasteiger partial charge is 0.379 e. The smallest absolute Gasteiger partial charge is 0.262 e. The molecule has 0 unspecified atom stereocenters. The molecule has 0 aliphatic carbocycles. The quantitative estimate of drug-likeness (QED) is 0.773. The topological polar surface area (TPSA) is 76.5 Å². The molecule has 1 N–H and O–H groups in total. The number of aryl methyl sites for hydroxylation is 1. The van der Waals surface area contributed by atoms with E-state index in [4.69, 9.17) is 4.74 Å². The first-order chi connectivity index (χ1) is 11.6. The number of nitrogens with zero attached hydrogens (tertiary/aromatic N) is 3. The molecule has 3 heterocycles. The number of thiophene rings is 1. The molecule has 0 spiro atoms. The molecule has 0 bridgehead atoms. The average molecular weight is 350 g/mol. The minimum absolute atomic E-state index is 0.00816. The summed E-state index contributed by atoms with van der Waals surface area (Å²) in [5, 5.41) is 3.45. The molecule has 3 rings (SSSR count). The van der Waals surface area contributed by atoms with Crippen molar-refractivity contribution in [2.45, 2.75) is 19.9 Å². The van der Waals surface area contributed by atoms with Gasteiger partial charge in [0.15, 0.2) is 0 Å². The summed E-state index contributed by atoms with van der Waals surface area (Å²) in [6, 6.07) is 1.83. The molecule has 1 aliphatic rings. The average Bonchev–Trinajstić information content (AvgIpc) is 2.97. The molecule has 0 aromatic carbocycles. The minimum Gasteiger partial charge on any atom is -0.379 e. The van der Waals surface area contributed by atoms with Gasteiger partial charge in [-0.05, 0) is 26.0 Å². The highest BCUT2D eigenvalue weighted by Gasteiger charge is 2.11. The van der Waals surface area contributed by atoms with Crippen LogP contribution in [0.4, 0.5) is 0 Å². The van der Waals surface area contributed by atoms with Gasteiger partial charge in [0.25, 0.3) is 5.56 Å². The number of hydrogen-bond donors (Lipinski definition) is 1. The Bertz CT molecular complexity index is 764. The Morgan fingerprint density at radius 1 is 1.42 bits per heavy atom. The monoisotopic (exact) mass is 350 g/mol. The second-order valence-electron chi connectivity index (χ2n) is 5.91. The molecule has 8 heteroatoms. The summed E-state index contributed by atoms with van der Waals surface area (Å²) in [6.45, 7) is 6.98. The number of amides is 1. The molecule has 2 aromatic rings. The van der Waals surface area contributed by atoms with Crippen molar-refractivity contribution in [3.8, 4) is 0 Å². The first-order valence-corrected chi connectivity index (χ1v) is 8.97. The van der Waals surface area contributed by atoms with Gasteiger partial charge in [0.05, 0.1) is 24.9 Å². The zero-order valence-electron chi connectivity index (χ0n) is 13.8. The SMILES string of the molecule is Cc1cc2c(=O)n(CC(=O)NCCCN3CCOCC3)cnc2s1. The van der Waals surface area contributed by atoms with Gasteiger partial charge in [-0.2, -0.15) is 0 Å². The van der Waals surface area contributed by atoms with Crippen molar-refractivity contribution in [1.29, 1.82) is 0 Å². The number of ether oxygens (including phenoxy) is 1. The van der Waals surface area contributed by atoms with Crippen molar-refractivity contribution in [2.24, 2.45) is 0 Å². The van der Waals surface area contributed by atoms with Crippen LogP contribution in [0.15, 0.2) is 17.2 Å². The molecule has 1 saturated heterocycles. The Kier molecular flexibility index (Phi) is 5.60. The van der Waals surface area contributed by atoms with Crippen LogP contribution in [0.1, 0.15) is 11.3 Å². The van der Waals surface area contributed by atoms with Gasteiger partial charge in [0, 0.05) is 24.5 Å². The van der Waals surface area contributed by atoms with Gasteiger partial charge < -0.3 is 10.1 Å². The molecular formula is C16H22N4O3S. The van der Waals surface area contributed by atoms with E-state index in [-0.39, 0.29) is 18.0 Å². The van der Waals surface area contributed by atoms with E-state index in [2.05, 4.69) is 15.2 Å². The highest BCUT2D eigenvalue weighted by atomic mass is 32.1. The third-order valence-corrected chi connectivity index (χ3v) is 4.99. The van der Waals surface area contributed by atoms with E-state index < -0.39 is 0 Å². The fourth-order valence-corrected chi connectivity index (χ4v) is 3.60. The van der Waals surface area contributed by atoms with Crippen molar-refractivity contribution in [2.75, 3.05) is 39.4 Å². The lowest BCUT2D eigenvalue weighted by Crippen LogP contribution is -2.38. The minimum atomic E-state index is -0.160. The van der Waals surface area contributed by atoms with Gasteiger partial charge in [0.1, 0.15) is 11.4 Å². The summed E-state index contributed by atoms with van der Waals surface area (Å²) in [5.74, 6) is -0.160. The normalized spacial score (nSPS) is 15.7. The summed E-state index contributed by atoms with van der Waals surface area (Å²) in [6.07, 6.45) is 2.34. The molecule has 2 aromatic heterocycles. The molecule has 1 fully saturated rings. The third-order valence-electron chi connectivity index (χ3n) is 4.03. The van der Waals surface area contributed by atoms with Crippen LogP contribution in [0.2, 0.25) is 0 Å². The molecule has 7 nitrogen and oxygen atoms in total. The summed E-state index contributed by atoms with van der Waals surface area (Å²) < 4.78 is 6.67. The zero-order chi connectivity index (χ0) is 16.9. The Labute approximate surface area is 144 Å². The Hall–Kier alpha value is -1.77. The number of aromatic nitrogens is 2. The number of morpholine rings is 1. The first kappa shape index (κ1) is 17.1. The maximum atomic E-state index is 12.3. The Morgan fingerprint density at radius 2 is 2.21 bits per heavy atom. The first-order valence-electron chi connectivity index (χ1n) is 8.16. The van der Waals surface area contributed by atoms with E-state index in [0.29, 0.717) is 11.9 Å². The van der Waals surface area contributed by atoms with E-state index in [1.54, 1.807) is 0 Å². The predicted octanol–water partition coefficient (Wildman–Crippen LogP) is 0.605. The van der Waals surface area contributed by atoms with Gasteiger partial charge in [-0.15, -0.1) is 11.3 Å². The van der Waals surface area contributed by atoms with E-state index in [0.717, 1.165) is 49.0 Å². The van der Waals surface area contributed by atoms with Crippen molar-refractivity contribution >= 4 is 27.5 Å². The summed E-state index contributed by atoms with van der Waals surface area (Å²) in [7, 11) is 0. The summed E-state index contributed by atoms with van der Waals surface area (Å²) in [5.41, 5.74) is -0.159. The number of rotatable bonds is 6. The van der Waals surface area contributed by atoms with Crippen LogP contribution < -0.4 is 10.9 Å². The van der Waals surface area contributed by atoms with Crippen molar-refractivity contribution < 1.29 is 9.53 Å².